The summed E-state index contributed by atoms with van der Waals surface area (Å²) >= 11 is 0. The van der Waals surface area contributed by atoms with E-state index in [1.54, 1.807) is 0 Å². The second-order valence-electron chi connectivity index (χ2n) is 9.17. The van der Waals surface area contributed by atoms with Gasteiger partial charge in [0.05, 0.1) is 5.92 Å². The fourth-order valence-corrected chi connectivity index (χ4v) is 4.42. The fraction of sp³-hybridized carbons (Fsp3) is 0.520. The lowest BCUT2D eigenvalue weighted by atomic mass is 9.79. The molecule has 218 valence electrons. The van der Waals surface area contributed by atoms with E-state index in [4.69, 9.17) is 0 Å². The van der Waals surface area contributed by atoms with Crippen LogP contribution in [-0.4, -0.2) is 12.5 Å². The molecule has 0 atom stereocenters. The fourth-order valence-electron chi connectivity index (χ4n) is 4.42. The average Bonchev–Trinajstić information content (AvgIpc) is 2.78. The highest BCUT2D eigenvalue weighted by Gasteiger charge is 2.46. The van der Waals surface area contributed by atoms with Gasteiger partial charge in [0.1, 0.15) is 28.7 Å². The SMILES string of the molecule is CCCCC1CCC(C(F)(F)Oc2cc(F)c(C(F)(F)Oc3cc(F)c(OC(F)(F)F)c(F)c3)c(F)c2)CC1. The van der Waals surface area contributed by atoms with Crippen molar-refractivity contribution in [2.45, 2.75) is 70.4 Å². The minimum atomic E-state index is -5.52. The van der Waals surface area contributed by atoms with Crippen LogP contribution in [0.15, 0.2) is 24.3 Å². The average molecular weight is 580 g/mol. The molecule has 2 aromatic rings. The Kier molecular flexibility index (Phi) is 9.16. The summed E-state index contributed by atoms with van der Waals surface area (Å²) in [5, 5.41) is 0. The summed E-state index contributed by atoms with van der Waals surface area (Å²) in [4.78, 5) is 0. The predicted octanol–water partition coefficient (Wildman–Crippen LogP) is 9.24. The molecule has 0 aliphatic heterocycles. The van der Waals surface area contributed by atoms with Crippen LogP contribution in [0.1, 0.15) is 57.4 Å². The molecule has 0 bridgehead atoms. The van der Waals surface area contributed by atoms with Gasteiger partial charge in [-0.15, -0.1) is 13.2 Å². The largest absolute Gasteiger partial charge is 0.573 e. The molecule has 0 saturated heterocycles. The van der Waals surface area contributed by atoms with Crippen molar-refractivity contribution in [3.63, 3.8) is 0 Å². The van der Waals surface area contributed by atoms with Crippen LogP contribution in [0, 0.1) is 35.1 Å². The minimum Gasteiger partial charge on any atom is -0.432 e. The molecule has 2 aromatic carbocycles. The van der Waals surface area contributed by atoms with E-state index in [1.165, 1.54) is 0 Å². The number of ether oxygens (including phenoxy) is 3. The standard InChI is InChI=1S/C25H23F11O3/c1-2-3-4-13-5-7-14(8-6-13)23(30,31)37-15-9-17(26)21(18(27)10-15)24(32,33)38-16-11-19(28)22(20(29)12-16)39-25(34,35)36/h9-14H,2-8H2,1H3. The summed E-state index contributed by atoms with van der Waals surface area (Å²) in [6, 6.07) is -0.137. The third-order valence-electron chi connectivity index (χ3n) is 6.28. The molecule has 0 spiro atoms. The van der Waals surface area contributed by atoms with Crippen molar-refractivity contribution in [1.82, 2.24) is 0 Å². The first kappa shape index (κ1) is 30.6. The van der Waals surface area contributed by atoms with Crippen LogP contribution in [0.2, 0.25) is 0 Å². The molecule has 3 rings (SSSR count). The Hall–Kier alpha value is -2.93. The van der Waals surface area contributed by atoms with Crippen molar-refractivity contribution in [2.75, 3.05) is 0 Å². The lowest BCUT2D eigenvalue weighted by molar-refractivity contribution is -0.276. The third-order valence-corrected chi connectivity index (χ3v) is 6.28. The lowest BCUT2D eigenvalue weighted by Crippen LogP contribution is -2.37. The van der Waals surface area contributed by atoms with Crippen LogP contribution in [0.5, 0.6) is 17.2 Å². The van der Waals surface area contributed by atoms with Crippen LogP contribution < -0.4 is 14.2 Å². The Morgan fingerprint density at radius 3 is 1.67 bits per heavy atom. The minimum absolute atomic E-state index is 0.0674. The van der Waals surface area contributed by atoms with Crippen LogP contribution in [-0.2, 0) is 6.11 Å². The molecule has 0 amide bonds. The molecule has 0 unspecified atom stereocenters. The van der Waals surface area contributed by atoms with Gasteiger partial charge in [-0.2, -0.15) is 17.6 Å². The predicted molar refractivity (Wildman–Crippen MR) is 114 cm³/mol. The Morgan fingerprint density at radius 1 is 0.692 bits per heavy atom. The van der Waals surface area contributed by atoms with Crippen molar-refractivity contribution in [1.29, 1.82) is 0 Å². The molecule has 39 heavy (non-hydrogen) atoms. The van der Waals surface area contributed by atoms with Gasteiger partial charge in [0.15, 0.2) is 11.6 Å². The molecule has 0 radical (unpaired) electrons. The molecule has 1 aliphatic rings. The van der Waals surface area contributed by atoms with Gasteiger partial charge in [-0.05, 0) is 31.6 Å². The van der Waals surface area contributed by atoms with Gasteiger partial charge in [-0.3, -0.25) is 0 Å². The van der Waals surface area contributed by atoms with Crippen molar-refractivity contribution in [2.24, 2.45) is 11.8 Å². The van der Waals surface area contributed by atoms with Gasteiger partial charge in [-0.1, -0.05) is 26.2 Å². The maximum atomic E-state index is 14.7. The zero-order valence-electron chi connectivity index (χ0n) is 20.3. The van der Waals surface area contributed by atoms with E-state index >= 15 is 0 Å². The van der Waals surface area contributed by atoms with Gasteiger partial charge in [-0.25, -0.2) is 17.6 Å². The van der Waals surface area contributed by atoms with Crippen LogP contribution in [0.4, 0.5) is 48.3 Å². The van der Waals surface area contributed by atoms with Gasteiger partial charge in [0.2, 0.25) is 5.75 Å². The zero-order valence-corrected chi connectivity index (χ0v) is 20.3. The van der Waals surface area contributed by atoms with E-state index in [0.717, 1.165) is 19.3 Å². The number of unbranched alkanes of at least 4 members (excludes halogenated alkanes) is 1. The van der Waals surface area contributed by atoms with Crippen molar-refractivity contribution in [3.8, 4) is 17.2 Å². The van der Waals surface area contributed by atoms with E-state index in [9.17, 15) is 48.3 Å². The molecular formula is C25H23F11O3. The highest BCUT2D eigenvalue weighted by atomic mass is 19.4. The van der Waals surface area contributed by atoms with Gasteiger partial charge >= 0.3 is 18.6 Å². The molecule has 1 saturated carbocycles. The summed E-state index contributed by atoms with van der Waals surface area (Å²) in [5.74, 6) is -13.9. The van der Waals surface area contributed by atoms with Crippen molar-refractivity contribution in [3.05, 3.63) is 53.1 Å². The summed E-state index contributed by atoms with van der Waals surface area (Å²) in [5.41, 5.74) is -2.12. The third kappa shape index (κ3) is 7.81. The van der Waals surface area contributed by atoms with Gasteiger partial charge in [0.25, 0.3) is 0 Å². The first-order valence-electron chi connectivity index (χ1n) is 11.9. The van der Waals surface area contributed by atoms with E-state index in [1.807, 2.05) is 6.92 Å². The van der Waals surface area contributed by atoms with E-state index in [0.29, 0.717) is 12.8 Å². The van der Waals surface area contributed by atoms with Gasteiger partial charge < -0.3 is 14.2 Å². The summed E-state index contributed by atoms with van der Waals surface area (Å²) in [7, 11) is 0. The van der Waals surface area contributed by atoms with E-state index in [2.05, 4.69) is 14.2 Å². The summed E-state index contributed by atoms with van der Waals surface area (Å²) in [6.07, 6.45) is -10.3. The Balaban J connectivity index is 1.75. The summed E-state index contributed by atoms with van der Waals surface area (Å²) in [6.45, 7) is 2.01. The quantitative estimate of drug-likeness (QED) is 0.262. The Morgan fingerprint density at radius 2 is 1.18 bits per heavy atom. The first-order valence-corrected chi connectivity index (χ1v) is 11.9. The number of benzene rings is 2. The van der Waals surface area contributed by atoms with Crippen LogP contribution in [0.25, 0.3) is 0 Å². The van der Waals surface area contributed by atoms with Crippen molar-refractivity contribution >= 4 is 0 Å². The first-order chi connectivity index (χ1) is 18.0. The molecule has 0 heterocycles. The lowest BCUT2D eigenvalue weighted by Gasteiger charge is -2.33. The number of hydrogen-bond acceptors (Lipinski definition) is 3. The maximum Gasteiger partial charge on any atom is 0.573 e. The highest BCUT2D eigenvalue weighted by molar-refractivity contribution is 5.37. The number of hydrogen-bond donors (Lipinski definition) is 0. The zero-order chi connectivity index (χ0) is 29.2. The summed E-state index contributed by atoms with van der Waals surface area (Å²) < 4.78 is 163. The normalized spacial score (nSPS) is 18.7. The molecule has 0 N–H and O–H groups in total. The smallest absolute Gasteiger partial charge is 0.432 e. The monoisotopic (exact) mass is 580 g/mol. The molecule has 3 nitrogen and oxygen atoms in total. The maximum absolute atomic E-state index is 14.7. The number of halogens is 11. The van der Waals surface area contributed by atoms with E-state index in [-0.39, 0.29) is 43.0 Å². The van der Waals surface area contributed by atoms with Crippen LogP contribution >= 0.6 is 0 Å². The molecule has 14 heteroatoms. The van der Waals surface area contributed by atoms with E-state index < -0.39 is 70.6 Å². The van der Waals surface area contributed by atoms with Crippen LogP contribution in [0.3, 0.4) is 0 Å². The molecular weight excluding hydrogens is 557 g/mol. The number of rotatable bonds is 10. The second kappa shape index (κ2) is 11.7. The topological polar surface area (TPSA) is 27.7 Å². The van der Waals surface area contributed by atoms with Crippen molar-refractivity contribution < 1.29 is 62.5 Å². The molecule has 1 fully saturated rings. The number of alkyl halides is 7. The second-order valence-corrected chi connectivity index (χ2v) is 9.17. The Labute approximate surface area is 215 Å². The molecule has 0 aromatic heterocycles. The highest BCUT2D eigenvalue weighted by Crippen LogP contribution is 2.43. The Bertz CT molecular complexity index is 1100. The van der Waals surface area contributed by atoms with Gasteiger partial charge in [0, 0.05) is 24.3 Å². The molecule has 1 aliphatic carbocycles.